The molecule has 1 aromatic carbocycles. The highest BCUT2D eigenvalue weighted by molar-refractivity contribution is 7.97. The Kier molecular flexibility index (Phi) is 2.47. The van der Waals surface area contributed by atoms with Crippen molar-refractivity contribution in [2.75, 3.05) is 0 Å². The van der Waals surface area contributed by atoms with Crippen LogP contribution in [0.4, 0.5) is 8.78 Å². The SMILES string of the molecule is Cc1ccc(C(=O)S)c(F)c1F. The molecule has 0 heterocycles. The van der Waals surface area contributed by atoms with Crippen LogP contribution in [0, 0.1) is 18.6 Å². The van der Waals surface area contributed by atoms with Crippen molar-refractivity contribution in [1.29, 1.82) is 0 Å². The van der Waals surface area contributed by atoms with Crippen LogP contribution in [0.25, 0.3) is 0 Å². The fourth-order valence-electron chi connectivity index (χ4n) is 0.811. The predicted octanol–water partition coefficient (Wildman–Crippen LogP) is 2.34. The van der Waals surface area contributed by atoms with E-state index in [9.17, 15) is 13.6 Å². The number of hydrogen-bond acceptors (Lipinski definition) is 1. The van der Waals surface area contributed by atoms with Crippen LogP contribution in [0.15, 0.2) is 12.1 Å². The quantitative estimate of drug-likeness (QED) is 0.669. The Labute approximate surface area is 73.8 Å². The first-order valence-electron chi connectivity index (χ1n) is 3.22. The summed E-state index contributed by atoms with van der Waals surface area (Å²) in [6.45, 7) is 1.42. The monoisotopic (exact) mass is 188 g/mol. The molecule has 0 aromatic heterocycles. The van der Waals surface area contributed by atoms with E-state index >= 15 is 0 Å². The van der Waals surface area contributed by atoms with E-state index in [1.165, 1.54) is 19.1 Å². The van der Waals surface area contributed by atoms with Gasteiger partial charge in [-0.1, -0.05) is 6.07 Å². The molecule has 0 atom stereocenters. The van der Waals surface area contributed by atoms with E-state index in [1.807, 2.05) is 0 Å². The molecule has 0 amide bonds. The molecule has 0 saturated heterocycles. The predicted molar refractivity (Wildman–Crippen MR) is 44.4 cm³/mol. The van der Waals surface area contributed by atoms with Gasteiger partial charge in [-0.25, -0.2) is 8.78 Å². The second-order valence-electron chi connectivity index (χ2n) is 2.36. The third-order valence-corrected chi connectivity index (χ3v) is 1.75. The first-order valence-corrected chi connectivity index (χ1v) is 3.66. The van der Waals surface area contributed by atoms with Gasteiger partial charge in [0.05, 0.1) is 5.56 Å². The lowest BCUT2D eigenvalue weighted by Gasteiger charge is -2.00. The fraction of sp³-hybridized carbons (Fsp3) is 0.125. The summed E-state index contributed by atoms with van der Waals surface area (Å²) in [5.74, 6) is -2.12. The third-order valence-electron chi connectivity index (χ3n) is 1.51. The van der Waals surface area contributed by atoms with Crippen molar-refractivity contribution in [2.24, 2.45) is 0 Å². The van der Waals surface area contributed by atoms with Crippen LogP contribution in [0.3, 0.4) is 0 Å². The van der Waals surface area contributed by atoms with E-state index in [0.717, 1.165) is 0 Å². The molecular weight excluding hydrogens is 182 g/mol. The van der Waals surface area contributed by atoms with Gasteiger partial charge in [0.1, 0.15) is 0 Å². The normalized spacial score (nSPS) is 10.0. The van der Waals surface area contributed by atoms with Crippen LogP contribution in [-0.4, -0.2) is 5.12 Å². The molecule has 64 valence electrons. The number of hydrogen-bond donors (Lipinski definition) is 1. The van der Waals surface area contributed by atoms with Gasteiger partial charge in [-0.3, -0.25) is 4.79 Å². The number of thiol groups is 1. The van der Waals surface area contributed by atoms with Gasteiger partial charge in [0.2, 0.25) is 5.12 Å². The van der Waals surface area contributed by atoms with Gasteiger partial charge in [0, 0.05) is 0 Å². The first kappa shape index (κ1) is 9.19. The Morgan fingerprint density at radius 1 is 1.33 bits per heavy atom. The van der Waals surface area contributed by atoms with Crippen molar-refractivity contribution in [2.45, 2.75) is 6.92 Å². The Morgan fingerprint density at radius 3 is 2.42 bits per heavy atom. The average molecular weight is 188 g/mol. The van der Waals surface area contributed by atoms with E-state index in [4.69, 9.17) is 0 Å². The van der Waals surface area contributed by atoms with Gasteiger partial charge in [0.15, 0.2) is 11.6 Å². The number of aryl methyl sites for hydroxylation is 1. The molecule has 0 radical (unpaired) electrons. The van der Waals surface area contributed by atoms with E-state index in [1.54, 1.807) is 0 Å². The van der Waals surface area contributed by atoms with Crippen LogP contribution in [0.2, 0.25) is 0 Å². The molecule has 0 saturated carbocycles. The van der Waals surface area contributed by atoms with Crippen molar-refractivity contribution in [1.82, 2.24) is 0 Å². The van der Waals surface area contributed by atoms with Crippen LogP contribution in [0.1, 0.15) is 15.9 Å². The standard InChI is InChI=1S/C8H6F2OS/c1-4-2-3-5(8(11)12)7(10)6(4)9/h2-3H,1H3,(H,11,12). The maximum absolute atomic E-state index is 12.9. The zero-order chi connectivity index (χ0) is 9.30. The summed E-state index contributed by atoms with van der Waals surface area (Å²) in [6, 6.07) is 2.55. The van der Waals surface area contributed by atoms with Gasteiger partial charge in [-0.2, -0.15) is 0 Å². The number of carbonyl (C=O) groups excluding carboxylic acids is 1. The van der Waals surface area contributed by atoms with Crippen molar-refractivity contribution in [3.63, 3.8) is 0 Å². The highest BCUT2D eigenvalue weighted by Gasteiger charge is 2.13. The number of rotatable bonds is 1. The summed E-state index contributed by atoms with van der Waals surface area (Å²) in [5, 5.41) is -0.772. The number of halogens is 2. The number of carbonyl (C=O) groups is 1. The minimum atomic E-state index is -1.13. The fourth-order valence-corrected chi connectivity index (χ4v) is 0.984. The highest BCUT2D eigenvalue weighted by atomic mass is 32.1. The molecule has 0 aliphatic rings. The van der Waals surface area contributed by atoms with Crippen molar-refractivity contribution in [3.05, 3.63) is 34.9 Å². The van der Waals surface area contributed by atoms with Crippen LogP contribution in [0.5, 0.6) is 0 Å². The minimum Gasteiger partial charge on any atom is -0.282 e. The highest BCUT2D eigenvalue weighted by Crippen LogP contribution is 2.16. The topological polar surface area (TPSA) is 17.1 Å². The Bertz CT molecular complexity index is 336. The molecule has 4 heteroatoms. The Morgan fingerprint density at radius 2 is 1.92 bits per heavy atom. The first-order chi connectivity index (χ1) is 5.54. The second-order valence-corrected chi connectivity index (χ2v) is 2.77. The molecule has 0 bridgehead atoms. The van der Waals surface area contributed by atoms with Gasteiger partial charge in [0.25, 0.3) is 0 Å². The van der Waals surface area contributed by atoms with Crippen molar-refractivity contribution in [3.8, 4) is 0 Å². The lowest BCUT2D eigenvalue weighted by Crippen LogP contribution is -1.99. The molecule has 0 fully saturated rings. The van der Waals surface area contributed by atoms with Crippen molar-refractivity contribution >= 4 is 17.7 Å². The van der Waals surface area contributed by atoms with E-state index in [2.05, 4.69) is 12.6 Å². The molecule has 12 heavy (non-hydrogen) atoms. The van der Waals surface area contributed by atoms with Gasteiger partial charge in [-0.15, -0.1) is 12.6 Å². The zero-order valence-corrected chi connectivity index (χ0v) is 7.16. The smallest absolute Gasteiger partial charge is 0.219 e. The molecular formula is C8H6F2OS. The lowest BCUT2D eigenvalue weighted by atomic mass is 10.1. The summed E-state index contributed by atoms with van der Waals surface area (Å²) in [7, 11) is 0. The Hall–Kier alpha value is -0.900. The molecule has 0 aliphatic carbocycles. The summed E-state index contributed by atoms with van der Waals surface area (Å²) in [6.07, 6.45) is 0. The summed E-state index contributed by atoms with van der Waals surface area (Å²) < 4.78 is 25.7. The average Bonchev–Trinajstić information content (AvgIpc) is 2.00. The molecule has 1 aromatic rings. The maximum Gasteiger partial charge on any atom is 0.219 e. The van der Waals surface area contributed by atoms with Gasteiger partial charge in [-0.05, 0) is 18.6 Å². The van der Waals surface area contributed by atoms with E-state index in [-0.39, 0.29) is 11.1 Å². The molecule has 1 nitrogen and oxygen atoms in total. The largest absolute Gasteiger partial charge is 0.282 e. The summed E-state index contributed by atoms with van der Waals surface area (Å²) in [4.78, 5) is 10.6. The molecule has 0 unspecified atom stereocenters. The second kappa shape index (κ2) is 3.23. The van der Waals surface area contributed by atoms with E-state index < -0.39 is 16.7 Å². The van der Waals surface area contributed by atoms with Gasteiger partial charge >= 0.3 is 0 Å². The van der Waals surface area contributed by atoms with Crippen LogP contribution >= 0.6 is 12.6 Å². The maximum atomic E-state index is 12.9. The summed E-state index contributed by atoms with van der Waals surface area (Å²) in [5.41, 5.74) is -0.160. The molecule has 1 rings (SSSR count). The molecule has 0 aliphatic heterocycles. The Balaban J connectivity index is 3.36. The molecule has 0 N–H and O–H groups in total. The number of benzene rings is 1. The molecule has 0 spiro atoms. The zero-order valence-electron chi connectivity index (χ0n) is 6.27. The third kappa shape index (κ3) is 1.48. The van der Waals surface area contributed by atoms with Crippen molar-refractivity contribution < 1.29 is 13.6 Å². The summed E-state index contributed by atoms with van der Waals surface area (Å²) >= 11 is 3.39. The lowest BCUT2D eigenvalue weighted by molar-refractivity contribution is 0.108. The minimum absolute atomic E-state index is 0.172. The van der Waals surface area contributed by atoms with Crippen LogP contribution < -0.4 is 0 Å². The van der Waals surface area contributed by atoms with E-state index in [0.29, 0.717) is 0 Å². The van der Waals surface area contributed by atoms with Crippen LogP contribution in [-0.2, 0) is 0 Å². The van der Waals surface area contributed by atoms with Gasteiger partial charge < -0.3 is 0 Å².